The number of halogens is 5. The quantitative estimate of drug-likeness (QED) is 0.652. The standard InChI is InChI=1S/C6H5F5O2S2/c7-15(8,9,10,11)6-3-1-5(2-4-6)14(12)13/h1-4H,(H,12,13). The lowest BCUT2D eigenvalue weighted by Gasteiger charge is -2.40. The van der Waals surface area contributed by atoms with Gasteiger partial charge in [-0.05, 0) is 24.3 Å². The zero-order chi connectivity index (χ0) is 12.0. The van der Waals surface area contributed by atoms with Crippen molar-refractivity contribution in [3.63, 3.8) is 0 Å². The second kappa shape index (κ2) is 2.71. The van der Waals surface area contributed by atoms with Gasteiger partial charge in [0.25, 0.3) is 0 Å². The first-order valence-electron chi connectivity index (χ1n) is 3.35. The molecule has 2 nitrogen and oxygen atoms in total. The fraction of sp³-hybridized carbons (Fsp3) is 0. The van der Waals surface area contributed by atoms with Crippen LogP contribution < -0.4 is 0 Å². The summed E-state index contributed by atoms with van der Waals surface area (Å²) in [5.41, 5.74) is 0. The molecule has 0 aromatic heterocycles. The first kappa shape index (κ1) is 12.4. The summed E-state index contributed by atoms with van der Waals surface area (Å²) >= 11 is -2.49. The molecule has 1 atom stereocenters. The summed E-state index contributed by atoms with van der Waals surface area (Å²) in [6.45, 7) is 0. The summed E-state index contributed by atoms with van der Waals surface area (Å²) in [5.74, 6) is 0. The Morgan fingerprint density at radius 2 is 1.40 bits per heavy atom. The van der Waals surface area contributed by atoms with E-state index in [1.807, 2.05) is 0 Å². The van der Waals surface area contributed by atoms with Crippen LogP contribution in [0.3, 0.4) is 0 Å². The maximum absolute atomic E-state index is 12.1. The van der Waals surface area contributed by atoms with Crippen molar-refractivity contribution in [2.45, 2.75) is 9.79 Å². The highest BCUT2D eigenvalue weighted by molar-refractivity contribution is 8.45. The van der Waals surface area contributed by atoms with Gasteiger partial charge in [-0.1, -0.05) is 19.4 Å². The molecule has 1 aromatic rings. The molecule has 1 N–H and O–H groups in total. The highest BCUT2D eigenvalue weighted by Gasteiger charge is 2.65. The second-order valence-electron chi connectivity index (χ2n) is 2.69. The molecule has 0 amide bonds. The largest absolute Gasteiger partial charge is 0.310 e. The fourth-order valence-corrected chi connectivity index (χ4v) is 1.83. The Morgan fingerprint density at radius 1 is 1.00 bits per heavy atom. The minimum Gasteiger partial charge on any atom is -0.302 e. The maximum Gasteiger partial charge on any atom is 0.310 e. The molecule has 0 heterocycles. The van der Waals surface area contributed by atoms with Crippen LogP contribution >= 0.6 is 10.2 Å². The van der Waals surface area contributed by atoms with Crippen LogP contribution in [0.1, 0.15) is 0 Å². The number of rotatable bonds is 2. The van der Waals surface area contributed by atoms with E-state index in [0.29, 0.717) is 12.1 Å². The zero-order valence-corrected chi connectivity index (χ0v) is 8.50. The molecular weight excluding hydrogens is 263 g/mol. The Hall–Kier alpha value is -0.670. The van der Waals surface area contributed by atoms with E-state index in [4.69, 9.17) is 4.55 Å². The van der Waals surface area contributed by atoms with Gasteiger partial charge >= 0.3 is 10.2 Å². The molecular formula is C6H5F5O2S2. The van der Waals surface area contributed by atoms with Crippen molar-refractivity contribution in [2.75, 3.05) is 0 Å². The van der Waals surface area contributed by atoms with Gasteiger partial charge in [0.2, 0.25) is 0 Å². The molecule has 1 rings (SSSR count). The molecule has 88 valence electrons. The Bertz CT molecular complexity index is 409. The molecule has 0 bridgehead atoms. The SMILES string of the molecule is O=S(O)c1ccc(S(F)(F)(F)(F)F)cc1. The van der Waals surface area contributed by atoms with Crippen LogP contribution in [-0.2, 0) is 11.1 Å². The lowest BCUT2D eigenvalue weighted by atomic mass is 10.4. The minimum atomic E-state index is -9.67. The van der Waals surface area contributed by atoms with Gasteiger partial charge in [-0.2, -0.15) is 0 Å². The van der Waals surface area contributed by atoms with Crippen LogP contribution in [0.25, 0.3) is 0 Å². The number of hydrogen-bond acceptors (Lipinski definition) is 1. The molecule has 0 aliphatic rings. The van der Waals surface area contributed by atoms with Crippen molar-refractivity contribution in [3.05, 3.63) is 24.3 Å². The van der Waals surface area contributed by atoms with E-state index in [-0.39, 0.29) is 17.0 Å². The number of hydrogen-bond donors (Lipinski definition) is 1. The van der Waals surface area contributed by atoms with Crippen LogP contribution in [0, 0.1) is 0 Å². The predicted molar refractivity (Wildman–Crippen MR) is 46.9 cm³/mol. The number of benzene rings is 1. The Morgan fingerprint density at radius 3 is 1.67 bits per heavy atom. The molecule has 0 aliphatic carbocycles. The Balaban J connectivity index is 3.29. The van der Waals surface area contributed by atoms with Crippen molar-refractivity contribution in [3.8, 4) is 0 Å². The van der Waals surface area contributed by atoms with E-state index in [0.717, 1.165) is 0 Å². The first-order valence-corrected chi connectivity index (χ1v) is 6.41. The van der Waals surface area contributed by atoms with Gasteiger partial charge < -0.3 is 4.55 Å². The molecule has 0 fully saturated rings. The molecule has 1 unspecified atom stereocenters. The summed E-state index contributed by atoms with van der Waals surface area (Å²) in [4.78, 5) is -2.45. The molecule has 0 spiro atoms. The molecule has 0 aliphatic heterocycles. The molecule has 0 saturated heterocycles. The van der Waals surface area contributed by atoms with Gasteiger partial charge in [0, 0.05) is 0 Å². The summed E-state index contributed by atoms with van der Waals surface area (Å²) in [5, 5.41) is 0. The summed E-state index contributed by atoms with van der Waals surface area (Å²) in [6, 6.07) is 1.24. The van der Waals surface area contributed by atoms with E-state index in [2.05, 4.69) is 0 Å². The molecule has 9 heteroatoms. The maximum atomic E-state index is 12.1. The minimum absolute atomic E-state index is 0.0883. The van der Waals surface area contributed by atoms with Gasteiger partial charge in [0.1, 0.15) is 4.90 Å². The average molecular weight is 268 g/mol. The molecule has 0 saturated carbocycles. The third-order valence-corrected chi connectivity index (χ3v) is 3.31. The van der Waals surface area contributed by atoms with Crippen molar-refractivity contribution in [2.24, 2.45) is 0 Å². The van der Waals surface area contributed by atoms with E-state index in [9.17, 15) is 23.6 Å². The third-order valence-electron chi connectivity index (χ3n) is 1.47. The van der Waals surface area contributed by atoms with Crippen molar-refractivity contribution in [1.82, 2.24) is 0 Å². The normalized spacial score (nSPS) is 19.1. The topological polar surface area (TPSA) is 37.3 Å². The molecule has 15 heavy (non-hydrogen) atoms. The van der Waals surface area contributed by atoms with Gasteiger partial charge in [-0.15, -0.1) is 0 Å². The average Bonchev–Trinajstić information content (AvgIpc) is 2.00. The van der Waals surface area contributed by atoms with Gasteiger partial charge in [0.05, 0.1) is 4.90 Å². The van der Waals surface area contributed by atoms with Crippen molar-refractivity contribution in [1.29, 1.82) is 0 Å². The van der Waals surface area contributed by atoms with Crippen LogP contribution in [0.5, 0.6) is 0 Å². The van der Waals surface area contributed by atoms with Crippen LogP contribution in [0.2, 0.25) is 0 Å². The van der Waals surface area contributed by atoms with Gasteiger partial charge in [0.15, 0.2) is 11.1 Å². The van der Waals surface area contributed by atoms with E-state index < -0.39 is 26.2 Å². The predicted octanol–water partition coefficient (Wildman–Crippen LogP) is 3.92. The highest BCUT2D eigenvalue weighted by Crippen LogP contribution is 3.02. The lowest BCUT2D eigenvalue weighted by molar-refractivity contribution is 0.364. The second-order valence-corrected chi connectivity index (χ2v) is 6.07. The van der Waals surface area contributed by atoms with Gasteiger partial charge in [-0.25, -0.2) is 4.21 Å². The summed E-state index contributed by atoms with van der Waals surface area (Å²) < 4.78 is 79.5. The van der Waals surface area contributed by atoms with Crippen LogP contribution in [0.4, 0.5) is 19.4 Å². The van der Waals surface area contributed by atoms with Crippen molar-refractivity contribution >= 4 is 21.3 Å². The molecule has 1 aromatic carbocycles. The van der Waals surface area contributed by atoms with Crippen molar-refractivity contribution < 1.29 is 28.2 Å². The lowest BCUT2D eigenvalue weighted by Crippen LogP contribution is -2.05. The smallest absolute Gasteiger partial charge is 0.302 e. The zero-order valence-electron chi connectivity index (χ0n) is 6.87. The van der Waals surface area contributed by atoms with E-state index in [1.165, 1.54) is 0 Å². The summed E-state index contributed by atoms with van der Waals surface area (Å²) in [6.07, 6.45) is 0. The van der Waals surface area contributed by atoms with Crippen LogP contribution in [0.15, 0.2) is 34.1 Å². The summed E-state index contributed by atoms with van der Waals surface area (Å²) in [7, 11) is -9.67. The molecule has 0 radical (unpaired) electrons. The fourth-order valence-electron chi connectivity index (χ4n) is 0.813. The third kappa shape index (κ3) is 3.14. The monoisotopic (exact) mass is 268 g/mol. The highest BCUT2D eigenvalue weighted by atomic mass is 32.5. The first-order chi connectivity index (χ1) is 6.40. The van der Waals surface area contributed by atoms with E-state index in [1.54, 1.807) is 0 Å². The van der Waals surface area contributed by atoms with Gasteiger partial charge in [-0.3, -0.25) is 0 Å². The van der Waals surface area contributed by atoms with E-state index >= 15 is 0 Å². The Kier molecular flexibility index (Phi) is 2.24. The van der Waals surface area contributed by atoms with Crippen LogP contribution in [-0.4, -0.2) is 8.76 Å². The Labute approximate surface area is 84.1 Å².